The van der Waals surface area contributed by atoms with E-state index in [1.807, 2.05) is 0 Å². The first-order chi connectivity index (χ1) is 9.17. The molecule has 2 rings (SSSR count). The van der Waals surface area contributed by atoms with Crippen molar-refractivity contribution in [1.29, 1.82) is 0 Å². The summed E-state index contributed by atoms with van der Waals surface area (Å²) in [6, 6.07) is 1.44. The van der Waals surface area contributed by atoms with Crippen LogP contribution in [-0.2, 0) is 0 Å². The number of amides is 1. The summed E-state index contributed by atoms with van der Waals surface area (Å²) in [5.74, 6) is -0.231. The maximum Gasteiger partial charge on any atom is 0.257 e. The molecule has 0 aliphatic carbocycles. The molecule has 1 aromatic rings. The summed E-state index contributed by atoms with van der Waals surface area (Å²) < 4.78 is 13.6. The number of carbonyl (C=O) groups excluding carboxylic acids is 1. The molecule has 2 N–H and O–H groups in total. The highest BCUT2D eigenvalue weighted by molar-refractivity contribution is 5.94. The molecule has 1 aliphatic heterocycles. The van der Waals surface area contributed by atoms with E-state index >= 15 is 0 Å². The fourth-order valence-electron chi connectivity index (χ4n) is 2.70. The molecule has 0 spiro atoms. The van der Waals surface area contributed by atoms with Gasteiger partial charge in [0.1, 0.15) is 0 Å². The first kappa shape index (κ1) is 13.9. The number of piperidine rings is 1. The van der Waals surface area contributed by atoms with Crippen LogP contribution in [0.3, 0.4) is 0 Å². The van der Waals surface area contributed by atoms with Crippen LogP contribution in [0, 0.1) is 11.7 Å². The van der Waals surface area contributed by atoms with Gasteiger partial charge in [0.2, 0.25) is 0 Å². The Morgan fingerprint density at radius 1 is 1.63 bits per heavy atom. The van der Waals surface area contributed by atoms with E-state index in [1.165, 1.54) is 12.3 Å². The second kappa shape index (κ2) is 6.10. The third-order valence-electron chi connectivity index (χ3n) is 3.94. The van der Waals surface area contributed by atoms with Crippen LogP contribution in [0.15, 0.2) is 18.5 Å². The number of hydrogen-bond acceptors (Lipinski definition) is 3. The number of hydrogen-bond donors (Lipinski definition) is 1. The molecule has 0 radical (unpaired) electrons. The fraction of sp³-hybridized carbons (Fsp3) is 0.571. The number of rotatable bonds is 3. The number of likely N-dealkylation sites (tertiary alicyclic amines) is 1. The summed E-state index contributed by atoms with van der Waals surface area (Å²) in [4.78, 5) is 17.8. The summed E-state index contributed by atoms with van der Waals surface area (Å²) in [6.07, 6.45) is 5.48. The van der Waals surface area contributed by atoms with Crippen LogP contribution in [0.4, 0.5) is 4.39 Å². The average Bonchev–Trinajstić information content (AvgIpc) is 2.46. The maximum atomic E-state index is 13.6. The minimum atomic E-state index is -0.569. The van der Waals surface area contributed by atoms with Crippen LogP contribution >= 0.6 is 0 Å². The molecule has 1 fully saturated rings. The van der Waals surface area contributed by atoms with Crippen molar-refractivity contribution >= 4 is 5.91 Å². The Morgan fingerprint density at radius 3 is 3.05 bits per heavy atom. The second-order valence-corrected chi connectivity index (χ2v) is 5.04. The quantitative estimate of drug-likeness (QED) is 0.906. The smallest absolute Gasteiger partial charge is 0.257 e. The third-order valence-corrected chi connectivity index (χ3v) is 3.94. The molecule has 1 amide bonds. The zero-order valence-corrected chi connectivity index (χ0v) is 11.2. The SMILES string of the molecule is CCC1CCN(C(=O)c2ccncc2F)C(CN)C1. The predicted molar refractivity (Wildman–Crippen MR) is 71.1 cm³/mol. The summed E-state index contributed by atoms with van der Waals surface area (Å²) >= 11 is 0. The lowest BCUT2D eigenvalue weighted by atomic mass is 9.88. The summed E-state index contributed by atoms with van der Waals surface area (Å²) in [5.41, 5.74) is 5.85. The van der Waals surface area contributed by atoms with Crippen LogP contribution in [-0.4, -0.2) is 34.9 Å². The summed E-state index contributed by atoms with van der Waals surface area (Å²) in [5, 5.41) is 0. The maximum absolute atomic E-state index is 13.6. The van der Waals surface area contributed by atoms with Gasteiger partial charge in [-0.15, -0.1) is 0 Å². The van der Waals surface area contributed by atoms with Crippen molar-refractivity contribution in [2.45, 2.75) is 32.2 Å². The van der Waals surface area contributed by atoms with E-state index < -0.39 is 5.82 Å². The zero-order valence-electron chi connectivity index (χ0n) is 11.2. The predicted octanol–water partition coefficient (Wildman–Crippen LogP) is 1.81. The van der Waals surface area contributed by atoms with Gasteiger partial charge in [-0.2, -0.15) is 0 Å². The highest BCUT2D eigenvalue weighted by Gasteiger charge is 2.31. The molecule has 0 bridgehead atoms. The average molecular weight is 265 g/mol. The van der Waals surface area contributed by atoms with Crippen molar-refractivity contribution in [2.24, 2.45) is 11.7 Å². The molecule has 1 saturated heterocycles. The van der Waals surface area contributed by atoms with E-state index in [0.29, 0.717) is 19.0 Å². The van der Waals surface area contributed by atoms with Crippen LogP contribution in [0.1, 0.15) is 36.5 Å². The molecule has 1 aromatic heterocycles. The minimum Gasteiger partial charge on any atom is -0.334 e. The van der Waals surface area contributed by atoms with Gasteiger partial charge in [-0.3, -0.25) is 9.78 Å². The standard InChI is InChI=1S/C14H20FN3O/c1-2-10-4-6-18(11(7-10)8-16)14(19)12-3-5-17-9-13(12)15/h3,5,9-11H,2,4,6-8,16H2,1H3. The highest BCUT2D eigenvalue weighted by Crippen LogP contribution is 2.26. The van der Waals surface area contributed by atoms with Crippen molar-refractivity contribution < 1.29 is 9.18 Å². The van der Waals surface area contributed by atoms with Crippen LogP contribution in [0.25, 0.3) is 0 Å². The zero-order chi connectivity index (χ0) is 13.8. The van der Waals surface area contributed by atoms with Gasteiger partial charge in [0, 0.05) is 25.3 Å². The van der Waals surface area contributed by atoms with Gasteiger partial charge in [-0.1, -0.05) is 13.3 Å². The van der Waals surface area contributed by atoms with Crippen molar-refractivity contribution in [1.82, 2.24) is 9.88 Å². The topological polar surface area (TPSA) is 59.2 Å². The lowest BCUT2D eigenvalue weighted by Gasteiger charge is -2.39. The molecule has 2 atom stereocenters. The Bertz CT molecular complexity index is 452. The van der Waals surface area contributed by atoms with E-state index in [1.54, 1.807) is 4.90 Å². The van der Waals surface area contributed by atoms with Gasteiger partial charge < -0.3 is 10.6 Å². The molecule has 2 heterocycles. The minimum absolute atomic E-state index is 0.0127. The molecule has 4 nitrogen and oxygen atoms in total. The van der Waals surface area contributed by atoms with E-state index in [9.17, 15) is 9.18 Å². The molecule has 2 unspecified atom stereocenters. The van der Waals surface area contributed by atoms with Gasteiger partial charge in [0.05, 0.1) is 11.8 Å². The number of aromatic nitrogens is 1. The molecule has 0 aromatic carbocycles. The van der Waals surface area contributed by atoms with Gasteiger partial charge >= 0.3 is 0 Å². The van der Waals surface area contributed by atoms with Gasteiger partial charge in [0.15, 0.2) is 5.82 Å². The van der Waals surface area contributed by atoms with Crippen molar-refractivity contribution in [2.75, 3.05) is 13.1 Å². The Labute approximate surface area is 112 Å². The van der Waals surface area contributed by atoms with Gasteiger partial charge in [-0.05, 0) is 24.8 Å². The Kier molecular flexibility index (Phi) is 4.47. The molecular weight excluding hydrogens is 245 g/mol. The van der Waals surface area contributed by atoms with E-state index in [2.05, 4.69) is 11.9 Å². The lowest BCUT2D eigenvalue weighted by Crippen LogP contribution is -2.49. The van der Waals surface area contributed by atoms with E-state index in [4.69, 9.17) is 5.73 Å². The fourth-order valence-corrected chi connectivity index (χ4v) is 2.70. The number of carbonyl (C=O) groups is 1. The van der Waals surface area contributed by atoms with Crippen LogP contribution in [0.5, 0.6) is 0 Å². The number of pyridine rings is 1. The van der Waals surface area contributed by atoms with E-state index in [0.717, 1.165) is 25.5 Å². The normalized spacial score (nSPS) is 23.4. The Balaban J connectivity index is 2.17. The molecular formula is C14H20FN3O. The first-order valence-corrected chi connectivity index (χ1v) is 6.77. The van der Waals surface area contributed by atoms with E-state index in [-0.39, 0.29) is 17.5 Å². The van der Waals surface area contributed by atoms with Crippen LogP contribution < -0.4 is 5.73 Å². The van der Waals surface area contributed by atoms with Crippen molar-refractivity contribution in [3.8, 4) is 0 Å². The molecule has 104 valence electrons. The van der Waals surface area contributed by atoms with Crippen molar-refractivity contribution in [3.63, 3.8) is 0 Å². The number of halogens is 1. The Hall–Kier alpha value is -1.49. The first-order valence-electron chi connectivity index (χ1n) is 6.77. The molecule has 19 heavy (non-hydrogen) atoms. The lowest BCUT2D eigenvalue weighted by molar-refractivity contribution is 0.0553. The third kappa shape index (κ3) is 2.92. The van der Waals surface area contributed by atoms with Crippen LogP contribution in [0.2, 0.25) is 0 Å². The Morgan fingerprint density at radius 2 is 2.42 bits per heavy atom. The number of nitrogens with zero attached hydrogens (tertiary/aromatic N) is 2. The highest BCUT2D eigenvalue weighted by atomic mass is 19.1. The molecule has 1 aliphatic rings. The second-order valence-electron chi connectivity index (χ2n) is 5.04. The molecule has 5 heteroatoms. The molecule has 0 saturated carbocycles. The summed E-state index contributed by atoms with van der Waals surface area (Å²) in [7, 11) is 0. The summed E-state index contributed by atoms with van der Waals surface area (Å²) in [6.45, 7) is 3.23. The largest absolute Gasteiger partial charge is 0.334 e. The van der Waals surface area contributed by atoms with Gasteiger partial charge in [-0.25, -0.2) is 4.39 Å². The monoisotopic (exact) mass is 265 g/mol. The van der Waals surface area contributed by atoms with Gasteiger partial charge in [0.25, 0.3) is 5.91 Å². The number of nitrogens with two attached hydrogens (primary N) is 1. The van der Waals surface area contributed by atoms with Crippen molar-refractivity contribution in [3.05, 3.63) is 29.8 Å².